The molecule has 0 bridgehead atoms. The Morgan fingerprint density at radius 3 is 2.72 bits per heavy atom. The smallest absolute Gasteiger partial charge is 0.324 e. The number of hydrogen-bond acceptors (Lipinski definition) is 3. The number of ether oxygens (including phenoxy) is 1. The Morgan fingerprint density at radius 1 is 1.50 bits per heavy atom. The molecule has 0 radical (unpaired) electrons. The molecule has 100 valence electrons. The summed E-state index contributed by atoms with van der Waals surface area (Å²) >= 11 is 0. The van der Waals surface area contributed by atoms with Gasteiger partial charge in [-0.25, -0.2) is 4.39 Å². The SMILES string of the molecule is Cc1cccc(OCC(NC(C)C)C(=O)O)c1F. The number of rotatable bonds is 6. The van der Waals surface area contributed by atoms with Gasteiger partial charge in [-0.05, 0) is 18.6 Å². The molecular formula is C13H18FNO3. The average molecular weight is 255 g/mol. The van der Waals surface area contributed by atoms with E-state index in [-0.39, 0.29) is 18.4 Å². The number of aliphatic carboxylic acids is 1. The molecule has 18 heavy (non-hydrogen) atoms. The molecule has 0 amide bonds. The van der Waals surface area contributed by atoms with Crippen LogP contribution in [-0.2, 0) is 4.79 Å². The van der Waals surface area contributed by atoms with Crippen molar-refractivity contribution in [3.63, 3.8) is 0 Å². The fourth-order valence-electron chi connectivity index (χ4n) is 1.50. The van der Waals surface area contributed by atoms with E-state index in [2.05, 4.69) is 5.32 Å². The van der Waals surface area contributed by atoms with Crippen LogP contribution in [0.1, 0.15) is 19.4 Å². The minimum absolute atomic E-state index is 0.0112. The zero-order valence-corrected chi connectivity index (χ0v) is 10.7. The molecule has 0 aliphatic rings. The zero-order valence-electron chi connectivity index (χ0n) is 10.7. The van der Waals surface area contributed by atoms with Crippen molar-refractivity contribution < 1.29 is 19.0 Å². The lowest BCUT2D eigenvalue weighted by Crippen LogP contribution is -2.44. The Balaban J connectivity index is 2.67. The molecule has 1 atom stereocenters. The molecule has 0 fully saturated rings. The van der Waals surface area contributed by atoms with Gasteiger partial charge in [0.25, 0.3) is 0 Å². The Bertz CT molecular complexity index is 421. The highest BCUT2D eigenvalue weighted by Gasteiger charge is 2.19. The van der Waals surface area contributed by atoms with Crippen molar-refractivity contribution in [3.05, 3.63) is 29.6 Å². The number of hydrogen-bond donors (Lipinski definition) is 2. The molecule has 1 rings (SSSR count). The van der Waals surface area contributed by atoms with Gasteiger partial charge in [-0.15, -0.1) is 0 Å². The second-order valence-corrected chi connectivity index (χ2v) is 4.41. The Morgan fingerprint density at radius 2 is 2.17 bits per heavy atom. The summed E-state index contributed by atoms with van der Waals surface area (Å²) in [4.78, 5) is 11.0. The summed E-state index contributed by atoms with van der Waals surface area (Å²) < 4.78 is 18.8. The fourth-order valence-corrected chi connectivity index (χ4v) is 1.50. The van der Waals surface area contributed by atoms with E-state index in [1.807, 2.05) is 13.8 Å². The normalized spacial score (nSPS) is 12.5. The van der Waals surface area contributed by atoms with E-state index in [0.29, 0.717) is 5.56 Å². The second kappa shape index (κ2) is 6.35. The van der Waals surface area contributed by atoms with E-state index in [1.165, 1.54) is 6.07 Å². The Labute approximate surface area is 106 Å². The van der Waals surface area contributed by atoms with Crippen LogP contribution in [0, 0.1) is 12.7 Å². The van der Waals surface area contributed by atoms with Gasteiger partial charge in [0, 0.05) is 6.04 Å². The van der Waals surface area contributed by atoms with Gasteiger partial charge in [0.1, 0.15) is 12.6 Å². The summed E-state index contributed by atoms with van der Waals surface area (Å²) in [5.41, 5.74) is 0.469. The van der Waals surface area contributed by atoms with Crippen LogP contribution >= 0.6 is 0 Å². The largest absolute Gasteiger partial charge is 0.488 e. The lowest BCUT2D eigenvalue weighted by molar-refractivity contribution is -0.140. The van der Waals surface area contributed by atoms with Gasteiger partial charge in [-0.1, -0.05) is 26.0 Å². The average Bonchev–Trinajstić information content (AvgIpc) is 2.28. The van der Waals surface area contributed by atoms with Gasteiger partial charge in [-0.2, -0.15) is 0 Å². The molecular weight excluding hydrogens is 237 g/mol. The van der Waals surface area contributed by atoms with Gasteiger partial charge in [0.15, 0.2) is 11.6 Å². The number of aryl methyl sites for hydroxylation is 1. The molecule has 4 nitrogen and oxygen atoms in total. The second-order valence-electron chi connectivity index (χ2n) is 4.41. The van der Waals surface area contributed by atoms with Gasteiger partial charge in [-0.3, -0.25) is 10.1 Å². The highest BCUT2D eigenvalue weighted by Crippen LogP contribution is 2.19. The molecule has 0 aliphatic heterocycles. The molecule has 0 saturated heterocycles. The first kappa shape index (κ1) is 14.4. The van der Waals surface area contributed by atoms with Crippen LogP contribution in [0.3, 0.4) is 0 Å². The zero-order chi connectivity index (χ0) is 13.7. The summed E-state index contributed by atoms with van der Waals surface area (Å²) in [5, 5.41) is 11.8. The minimum Gasteiger partial charge on any atom is -0.488 e. The quantitative estimate of drug-likeness (QED) is 0.816. The van der Waals surface area contributed by atoms with Gasteiger partial charge < -0.3 is 9.84 Å². The number of carboxylic acids is 1. The van der Waals surface area contributed by atoms with E-state index in [9.17, 15) is 9.18 Å². The van der Waals surface area contributed by atoms with Crippen molar-refractivity contribution in [2.75, 3.05) is 6.61 Å². The van der Waals surface area contributed by atoms with E-state index >= 15 is 0 Å². The van der Waals surface area contributed by atoms with Crippen LogP contribution in [0.25, 0.3) is 0 Å². The predicted molar refractivity (Wildman–Crippen MR) is 66.3 cm³/mol. The van der Waals surface area contributed by atoms with Gasteiger partial charge >= 0.3 is 5.97 Å². The third kappa shape index (κ3) is 4.00. The third-order valence-corrected chi connectivity index (χ3v) is 2.39. The van der Waals surface area contributed by atoms with Crippen LogP contribution in [0.4, 0.5) is 4.39 Å². The van der Waals surface area contributed by atoms with E-state index in [1.54, 1.807) is 19.1 Å². The van der Waals surface area contributed by atoms with Crippen LogP contribution in [0.2, 0.25) is 0 Å². The molecule has 0 spiro atoms. The molecule has 0 aromatic heterocycles. The summed E-state index contributed by atoms with van der Waals surface area (Å²) in [6, 6.07) is 3.93. The summed E-state index contributed by atoms with van der Waals surface area (Å²) in [7, 11) is 0. The Hall–Kier alpha value is -1.62. The number of carbonyl (C=O) groups is 1. The van der Waals surface area contributed by atoms with Crippen molar-refractivity contribution in [3.8, 4) is 5.75 Å². The van der Waals surface area contributed by atoms with E-state index < -0.39 is 17.8 Å². The monoisotopic (exact) mass is 255 g/mol. The fraction of sp³-hybridized carbons (Fsp3) is 0.462. The number of benzene rings is 1. The van der Waals surface area contributed by atoms with E-state index in [4.69, 9.17) is 9.84 Å². The molecule has 1 aromatic carbocycles. The highest BCUT2D eigenvalue weighted by molar-refractivity contribution is 5.73. The van der Waals surface area contributed by atoms with Crippen molar-refractivity contribution in [2.24, 2.45) is 0 Å². The molecule has 0 aliphatic carbocycles. The topological polar surface area (TPSA) is 58.6 Å². The molecule has 1 unspecified atom stereocenters. The standard InChI is InChI=1S/C13H18FNO3/c1-8(2)15-10(13(16)17)7-18-11-6-4-5-9(3)12(11)14/h4-6,8,10,15H,7H2,1-3H3,(H,16,17). The van der Waals surface area contributed by atoms with Gasteiger partial charge in [0.2, 0.25) is 0 Å². The van der Waals surface area contributed by atoms with Crippen LogP contribution in [-0.4, -0.2) is 29.8 Å². The molecule has 0 saturated carbocycles. The maximum Gasteiger partial charge on any atom is 0.324 e. The van der Waals surface area contributed by atoms with Gasteiger partial charge in [0.05, 0.1) is 0 Å². The van der Waals surface area contributed by atoms with Crippen LogP contribution in [0.15, 0.2) is 18.2 Å². The molecule has 0 heterocycles. The third-order valence-electron chi connectivity index (χ3n) is 2.39. The van der Waals surface area contributed by atoms with Crippen LogP contribution in [0.5, 0.6) is 5.75 Å². The maximum atomic E-state index is 13.6. The minimum atomic E-state index is -1.02. The molecule has 1 aromatic rings. The van der Waals surface area contributed by atoms with E-state index in [0.717, 1.165) is 0 Å². The lowest BCUT2D eigenvalue weighted by atomic mass is 10.2. The first-order valence-electron chi connectivity index (χ1n) is 5.78. The summed E-state index contributed by atoms with van der Waals surface area (Å²) in [6.07, 6.45) is 0. The number of carboxylic acid groups (broad SMARTS) is 1. The van der Waals surface area contributed by atoms with Crippen molar-refractivity contribution in [1.29, 1.82) is 0 Å². The molecule has 5 heteroatoms. The first-order chi connectivity index (χ1) is 8.41. The first-order valence-corrected chi connectivity index (χ1v) is 5.78. The van der Waals surface area contributed by atoms with Crippen molar-refractivity contribution in [1.82, 2.24) is 5.32 Å². The lowest BCUT2D eigenvalue weighted by Gasteiger charge is -2.18. The predicted octanol–water partition coefficient (Wildman–Crippen LogP) is 1.96. The Kier molecular flexibility index (Phi) is 5.09. The van der Waals surface area contributed by atoms with Crippen molar-refractivity contribution in [2.45, 2.75) is 32.9 Å². The molecule has 2 N–H and O–H groups in total. The maximum absolute atomic E-state index is 13.6. The number of nitrogens with one attached hydrogen (secondary N) is 1. The summed E-state index contributed by atoms with van der Waals surface area (Å²) in [5.74, 6) is -1.39. The highest BCUT2D eigenvalue weighted by atomic mass is 19.1. The number of halogens is 1. The van der Waals surface area contributed by atoms with Crippen molar-refractivity contribution >= 4 is 5.97 Å². The summed E-state index contributed by atoms with van der Waals surface area (Å²) in [6.45, 7) is 5.18. The van der Waals surface area contributed by atoms with Crippen LogP contribution < -0.4 is 10.1 Å².